The second-order valence-electron chi connectivity index (χ2n) is 4.34. The Labute approximate surface area is 89.2 Å². The Balaban J connectivity index is 2.27. The van der Waals surface area contributed by atoms with Gasteiger partial charge in [0.1, 0.15) is 0 Å². The maximum Gasteiger partial charge on any atom is 0.0164 e. The fraction of sp³-hybridized carbons (Fsp3) is 0.846. The van der Waals surface area contributed by atoms with E-state index in [2.05, 4.69) is 30.9 Å². The fourth-order valence-electron chi connectivity index (χ4n) is 2.10. The average molecular weight is 195 g/mol. The fourth-order valence-corrected chi connectivity index (χ4v) is 2.10. The molecule has 0 N–H and O–H groups in total. The van der Waals surface area contributed by atoms with E-state index in [4.69, 9.17) is 0 Å². The van der Waals surface area contributed by atoms with Crippen LogP contribution in [0.25, 0.3) is 0 Å². The Morgan fingerprint density at radius 1 is 1.00 bits per heavy atom. The van der Waals surface area contributed by atoms with Gasteiger partial charge in [0.05, 0.1) is 0 Å². The molecule has 0 aliphatic heterocycles. The van der Waals surface area contributed by atoms with E-state index in [1.807, 2.05) is 0 Å². The summed E-state index contributed by atoms with van der Waals surface area (Å²) in [6, 6.07) is 0.827. The summed E-state index contributed by atoms with van der Waals surface area (Å²) in [6.07, 6.45) is 12.6. The highest BCUT2D eigenvalue weighted by Gasteiger charge is 2.17. The molecule has 1 nitrogen and oxygen atoms in total. The first-order chi connectivity index (χ1) is 6.88. The minimum atomic E-state index is 0.827. The standard InChI is InChI=1S/C13H25N/c1-3-5-11-14(12-6-4-2)13-9-7-8-10-13/h7-8,13H,3-6,9-12H2,1-2H3. The van der Waals surface area contributed by atoms with Gasteiger partial charge in [-0.05, 0) is 38.8 Å². The smallest absolute Gasteiger partial charge is 0.0164 e. The molecule has 0 aromatic rings. The molecule has 14 heavy (non-hydrogen) atoms. The molecule has 0 fully saturated rings. The summed E-state index contributed by atoms with van der Waals surface area (Å²) in [5, 5.41) is 0. The first-order valence-corrected chi connectivity index (χ1v) is 6.27. The average Bonchev–Trinajstić information content (AvgIpc) is 2.71. The van der Waals surface area contributed by atoms with Crippen molar-refractivity contribution in [3.8, 4) is 0 Å². The molecule has 0 unspecified atom stereocenters. The van der Waals surface area contributed by atoms with Crippen LogP contribution >= 0.6 is 0 Å². The number of hydrogen-bond acceptors (Lipinski definition) is 1. The molecule has 1 aliphatic carbocycles. The second-order valence-corrected chi connectivity index (χ2v) is 4.34. The van der Waals surface area contributed by atoms with E-state index in [-0.39, 0.29) is 0 Å². The van der Waals surface area contributed by atoms with E-state index in [9.17, 15) is 0 Å². The van der Waals surface area contributed by atoms with Crippen molar-refractivity contribution < 1.29 is 0 Å². The summed E-state index contributed by atoms with van der Waals surface area (Å²) >= 11 is 0. The number of nitrogens with zero attached hydrogens (tertiary/aromatic N) is 1. The number of rotatable bonds is 7. The quantitative estimate of drug-likeness (QED) is 0.561. The maximum absolute atomic E-state index is 2.70. The van der Waals surface area contributed by atoms with E-state index in [0.717, 1.165) is 6.04 Å². The molecule has 0 bridgehead atoms. The third-order valence-corrected chi connectivity index (χ3v) is 3.10. The Hall–Kier alpha value is -0.300. The summed E-state index contributed by atoms with van der Waals surface area (Å²) in [6.45, 7) is 7.18. The molecular weight excluding hydrogens is 170 g/mol. The van der Waals surface area contributed by atoms with Crippen LogP contribution in [0.4, 0.5) is 0 Å². The van der Waals surface area contributed by atoms with Crippen LogP contribution in [0, 0.1) is 0 Å². The third-order valence-electron chi connectivity index (χ3n) is 3.10. The third kappa shape index (κ3) is 3.83. The van der Waals surface area contributed by atoms with E-state index in [0.29, 0.717) is 0 Å². The molecule has 1 heteroatoms. The van der Waals surface area contributed by atoms with E-state index in [1.54, 1.807) is 0 Å². The molecule has 0 saturated carbocycles. The van der Waals surface area contributed by atoms with Crippen LogP contribution in [-0.4, -0.2) is 24.0 Å². The zero-order valence-electron chi connectivity index (χ0n) is 9.84. The molecule has 0 radical (unpaired) electrons. The van der Waals surface area contributed by atoms with Crippen LogP contribution in [-0.2, 0) is 0 Å². The lowest BCUT2D eigenvalue weighted by Gasteiger charge is -2.28. The van der Waals surface area contributed by atoms with Gasteiger partial charge in [-0.3, -0.25) is 4.90 Å². The Morgan fingerprint density at radius 3 is 1.93 bits per heavy atom. The van der Waals surface area contributed by atoms with Gasteiger partial charge in [-0.25, -0.2) is 0 Å². The van der Waals surface area contributed by atoms with Crippen LogP contribution < -0.4 is 0 Å². The van der Waals surface area contributed by atoms with Gasteiger partial charge in [0.2, 0.25) is 0 Å². The predicted octanol–water partition coefficient (Wildman–Crippen LogP) is 3.61. The minimum absolute atomic E-state index is 0.827. The van der Waals surface area contributed by atoms with Crippen molar-refractivity contribution in [2.24, 2.45) is 0 Å². The number of hydrogen-bond donors (Lipinski definition) is 0. The summed E-state index contributed by atoms with van der Waals surface area (Å²) in [4.78, 5) is 2.70. The van der Waals surface area contributed by atoms with Gasteiger partial charge >= 0.3 is 0 Å². The van der Waals surface area contributed by atoms with Gasteiger partial charge in [0.25, 0.3) is 0 Å². The van der Waals surface area contributed by atoms with Crippen LogP contribution in [0.5, 0.6) is 0 Å². The second kappa shape index (κ2) is 7.05. The van der Waals surface area contributed by atoms with E-state index >= 15 is 0 Å². The van der Waals surface area contributed by atoms with Crippen LogP contribution in [0.1, 0.15) is 52.4 Å². The lowest BCUT2D eigenvalue weighted by molar-refractivity contribution is 0.197. The molecule has 0 heterocycles. The monoisotopic (exact) mass is 195 g/mol. The first-order valence-electron chi connectivity index (χ1n) is 6.27. The Bertz CT molecular complexity index is 147. The van der Waals surface area contributed by atoms with Gasteiger partial charge in [0.15, 0.2) is 0 Å². The van der Waals surface area contributed by atoms with Crippen molar-refractivity contribution in [3.05, 3.63) is 12.2 Å². The molecule has 0 aromatic carbocycles. The summed E-state index contributed by atoms with van der Waals surface area (Å²) in [5.41, 5.74) is 0. The summed E-state index contributed by atoms with van der Waals surface area (Å²) in [5.74, 6) is 0. The van der Waals surface area contributed by atoms with Gasteiger partial charge < -0.3 is 0 Å². The number of unbranched alkanes of at least 4 members (excludes halogenated alkanes) is 2. The lowest BCUT2D eigenvalue weighted by Crippen LogP contribution is -2.35. The van der Waals surface area contributed by atoms with Crippen molar-refractivity contribution in [2.45, 2.75) is 58.4 Å². The predicted molar refractivity (Wildman–Crippen MR) is 63.6 cm³/mol. The highest BCUT2D eigenvalue weighted by molar-refractivity contribution is 4.98. The SMILES string of the molecule is CCCCN(CCCC)C1CC=CC1. The van der Waals surface area contributed by atoms with E-state index < -0.39 is 0 Å². The molecule has 82 valence electrons. The largest absolute Gasteiger partial charge is 0.300 e. The van der Waals surface area contributed by atoms with Gasteiger partial charge in [-0.1, -0.05) is 38.8 Å². The Kier molecular flexibility index (Phi) is 5.93. The van der Waals surface area contributed by atoms with Crippen molar-refractivity contribution >= 4 is 0 Å². The molecule has 0 aromatic heterocycles. The molecule has 0 saturated heterocycles. The Morgan fingerprint density at radius 2 is 1.50 bits per heavy atom. The zero-order valence-corrected chi connectivity index (χ0v) is 9.84. The maximum atomic E-state index is 2.70. The summed E-state index contributed by atoms with van der Waals surface area (Å²) in [7, 11) is 0. The summed E-state index contributed by atoms with van der Waals surface area (Å²) < 4.78 is 0. The van der Waals surface area contributed by atoms with Crippen molar-refractivity contribution in [3.63, 3.8) is 0 Å². The van der Waals surface area contributed by atoms with Crippen molar-refractivity contribution in [1.29, 1.82) is 0 Å². The molecule has 0 amide bonds. The topological polar surface area (TPSA) is 3.24 Å². The molecule has 0 atom stereocenters. The highest BCUT2D eigenvalue weighted by atomic mass is 15.1. The molecule has 1 aliphatic rings. The van der Waals surface area contributed by atoms with Crippen LogP contribution in [0.3, 0.4) is 0 Å². The first kappa shape index (κ1) is 11.8. The molecule has 0 spiro atoms. The van der Waals surface area contributed by atoms with Crippen LogP contribution in [0.15, 0.2) is 12.2 Å². The normalized spacial score (nSPS) is 17.1. The van der Waals surface area contributed by atoms with Gasteiger partial charge in [-0.2, -0.15) is 0 Å². The minimum Gasteiger partial charge on any atom is -0.300 e. The van der Waals surface area contributed by atoms with Crippen molar-refractivity contribution in [2.75, 3.05) is 13.1 Å². The highest BCUT2D eigenvalue weighted by Crippen LogP contribution is 2.18. The van der Waals surface area contributed by atoms with E-state index in [1.165, 1.54) is 51.6 Å². The molecule has 1 rings (SSSR count). The molecular formula is C13H25N. The van der Waals surface area contributed by atoms with Gasteiger partial charge in [0, 0.05) is 6.04 Å². The lowest BCUT2D eigenvalue weighted by atomic mass is 10.1. The van der Waals surface area contributed by atoms with Gasteiger partial charge in [-0.15, -0.1) is 0 Å². The zero-order chi connectivity index (χ0) is 10.2. The van der Waals surface area contributed by atoms with Crippen LogP contribution in [0.2, 0.25) is 0 Å². The van der Waals surface area contributed by atoms with Crippen molar-refractivity contribution in [1.82, 2.24) is 4.90 Å².